The van der Waals surface area contributed by atoms with Crippen molar-refractivity contribution in [2.75, 3.05) is 11.9 Å². The van der Waals surface area contributed by atoms with Crippen LogP contribution in [0.25, 0.3) is 0 Å². The number of esters is 1. The number of carbonyl (C=O) groups excluding carboxylic acids is 2. The zero-order valence-corrected chi connectivity index (χ0v) is 15.1. The lowest BCUT2D eigenvalue weighted by Crippen LogP contribution is -2.27. The Morgan fingerprint density at radius 1 is 1.22 bits per heavy atom. The predicted molar refractivity (Wildman–Crippen MR) is 100 cm³/mol. The van der Waals surface area contributed by atoms with Gasteiger partial charge in [-0.3, -0.25) is 9.59 Å². The summed E-state index contributed by atoms with van der Waals surface area (Å²) in [7, 11) is 0. The van der Waals surface area contributed by atoms with Crippen LogP contribution in [0.4, 0.5) is 5.69 Å². The van der Waals surface area contributed by atoms with Crippen LogP contribution in [0, 0.1) is 0 Å². The van der Waals surface area contributed by atoms with Gasteiger partial charge < -0.3 is 20.1 Å². The Hall–Kier alpha value is -3.09. The van der Waals surface area contributed by atoms with Crippen LogP contribution in [0.3, 0.4) is 0 Å². The zero-order chi connectivity index (χ0) is 19.4. The Morgan fingerprint density at radius 3 is 2.74 bits per heavy atom. The number of pyridine rings is 1. The van der Waals surface area contributed by atoms with Crippen LogP contribution in [0.2, 0.25) is 0 Å². The number of aryl methyl sites for hydroxylation is 1. The number of amides is 1. The smallest absolute Gasteiger partial charge is 0.340 e. The second kappa shape index (κ2) is 8.07. The van der Waals surface area contributed by atoms with Crippen molar-refractivity contribution in [3.63, 3.8) is 0 Å². The average molecular weight is 370 g/mol. The van der Waals surface area contributed by atoms with Gasteiger partial charge >= 0.3 is 5.97 Å². The van der Waals surface area contributed by atoms with Crippen LogP contribution < -0.4 is 10.9 Å². The van der Waals surface area contributed by atoms with E-state index in [0.717, 1.165) is 12.8 Å². The van der Waals surface area contributed by atoms with Gasteiger partial charge in [0.1, 0.15) is 11.3 Å². The molecule has 0 radical (unpaired) electrons. The molecule has 142 valence electrons. The minimum Gasteiger partial charge on any atom is -0.507 e. The molecule has 7 nitrogen and oxygen atoms in total. The molecule has 1 aliphatic rings. The van der Waals surface area contributed by atoms with E-state index in [9.17, 15) is 19.5 Å². The predicted octanol–water partition coefficient (Wildman–Crippen LogP) is 2.78. The van der Waals surface area contributed by atoms with Gasteiger partial charge in [0.05, 0.1) is 17.9 Å². The fourth-order valence-electron chi connectivity index (χ4n) is 3.20. The van der Waals surface area contributed by atoms with E-state index in [-0.39, 0.29) is 29.2 Å². The summed E-state index contributed by atoms with van der Waals surface area (Å²) >= 11 is 0. The minimum atomic E-state index is -0.766. The SMILES string of the molecule is CCCOC(=O)c1ccccc1NC(=O)c1c(O)c2c([nH]c1=O)CCCC2. The molecule has 0 unspecified atom stereocenters. The number of hydrogen-bond acceptors (Lipinski definition) is 5. The van der Waals surface area contributed by atoms with Gasteiger partial charge in [0.2, 0.25) is 0 Å². The summed E-state index contributed by atoms with van der Waals surface area (Å²) in [4.78, 5) is 39.9. The number of aromatic hydroxyl groups is 1. The van der Waals surface area contributed by atoms with Crippen molar-refractivity contribution < 1.29 is 19.4 Å². The molecule has 0 bridgehead atoms. The lowest BCUT2D eigenvalue weighted by molar-refractivity contribution is 0.0506. The lowest BCUT2D eigenvalue weighted by Gasteiger charge is -2.18. The van der Waals surface area contributed by atoms with Crippen molar-refractivity contribution >= 4 is 17.6 Å². The number of carbonyl (C=O) groups is 2. The molecule has 0 aliphatic heterocycles. The number of rotatable bonds is 5. The van der Waals surface area contributed by atoms with Gasteiger partial charge in [-0.1, -0.05) is 19.1 Å². The van der Waals surface area contributed by atoms with E-state index in [0.29, 0.717) is 30.5 Å². The van der Waals surface area contributed by atoms with Gasteiger partial charge in [-0.15, -0.1) is 0 Å². The number of benzene rings is 1. The normalized spacial score (nSPS) is 12.9. The molecule has 0 atom stereocenters. The van der Waals surface area contributed by atoms with Crippen molar-refractivity contribution in [2.24, 2.45) is 0 Å². The molecule has 1 aliphatic carbocycles. The van der Waals surface area contributed by atoms with Crippen molar-refractivity contribution in [2.45, 2.75) is 39.0 Å². The monoisotopic (exact) mass is 370 g/mol. The summed E-state index contributed by atoms with van der Waals surface area (Å²) in [5, 5.41) is 13.0. The first-order valence-corrected chi connectivity index (χ1v) is 9.07. The molecule has 1 aromatic heterocycles. The summed E-state index contributed by atoms with van der Waals surface area (Å²) in [6.45, 7) is 2.15. The largest absolute Gasteiger partial charge is 0.507 e. The fraction of sp³-hybridized carbons (Fsp3) is 0.350. The maximum absolute atomic E-state index is 12.7. The van der Waals surface area contributed by atoms with Crippen LogP contribution in [0.15, 0.2) is 29.1 Å². The van der Waals surface area contributed by atoms with Crippen LogP contribution in [-0.4, -0.2) is 28.6 Å². The molecule has 0 fully saturated rings. The van der Waals surface area contributed by atoms with Crippen molar-refractivity contribution in [3.05, 3.63) is 57.0 Å². The average Bonchev–Trinajstić information content (AvgIpc) is 2.66. The summed E-state index contributed by atoms with van der Waals surface area (Å²) in [5.41, 5.74) is 0.725. The number of fused-ring (bicyclic) bond motifs is 1. The van der Waals surface area contributed by atoms with E-state index in [4.69, 9.17) is 4.74 Å². The molecule has 3 N–H and O–H groups in total. The van der Waals surface area contributed by atoms with E-state index in [1.54, 1.807) is 18.2 Å². The number of ether oxygens (including phenoxy) is 1. The van der Waals surface area contributed by atoms with E-state index in [1.807, 2.05) is 6.92 Å². The highest BCUT2D eigenvalue weighted by atomic mass is 16.5. The van der Waals surface area contributed by atoms with Gasteiger partial charge in [0.25, 0.3) is 11.5 Å². The van der Waals surface area contributed by atoms with E-state index in [1.165, 1.54) is 6.07 Å². The third-order valence-electron chi connectivity index (χ3n) is 4.54. The maximum Gasteiger partial charge on any atom is 0.340 e. The Bertz CT molecular complexity index is 932. The summed E-state index contributed by atoms with van der Waals surface area (Å²) < 4.78 is 5.12. The molecule has 0 saturated carbocycles. The second-order valence-corrected chi connectivity index (χ2v) is 6.48. The third kappa shape index (κ3) is 3.86. The van der Waals surface area contributed by atoms with Crippen molar-refractivity contribution in [3.8, 4) is 5.75 Å². The Labute approximate surface area is 156 Å². The summed E-state index contributed by atoms with van der Waals surface area (Å²) in [6.07, 6.45) is 3.78. The number of para-hydroxylation sites is 1. The second-order valence-electron chi connectivity index (χ2n) is 6.48. The Kier molecular flexibility index (Phi) is 5.59. The first-order chi connectivity index (χ1) is 13.0. The topological polar surface area (TPSA) is 108 Å². The third-order valence-corrected chi connectivity index (χ3v) is 4.54. The number of anilines is 1. The molecule has 1 amide bonds. The molecule has 3 rings (SSSR count). The standard InChI is InChI=1S/C20H22N2O5/c1-2-11-27-20(26)13-8-4-6-10-15(13)22-19(25)16-17(23)12-7-3-5-9-14(12)21-18(16)24/h4,6,8,10H,2-3,5,7,9,11H2,1H3,(H,22,25)(H2,21,23,24). The van der Waals surface area contributed by atoms with Crippen LogP contribution in [0.1, 0.15) is 58.2 Å². The quantitative estimate of drug-likeness (QED) is 0.701. The lowest BCUT2D eigenvalue weighted by atomic mass is 9.93. The Balaban J connectivity index is 1.91. The molecule has 0 saturated heterocycles. The fourth-order valence-corrected chi connectivity index (χ4v) is 3.20. The number of H-pyrrole nitrogens is 1. The molecule has 0 spiro atoms. The van der Waals surface area contributed by atoms with Crippen LogP contribution in [-0.2, 0) is 17.6 Å². The van der Waals surface area contributed by atoms with Crippen molar-refractivity contribution in [1.29, 1.82) is 0 Å². The van der Waals surface area contributed by atoms with Gasteiger partial charge in [0, 0.05) is 11.3 Å². The molecule has 27 heavy (non-hydrogen) atoms. The van der Waals surface area contributed by atoms with Gasteiger partial charge in [-0.05, 0) is 44.2 Å². The van der Waals surface area contributed by atoms with Crippen LogP contribution >= 0.6 is 0 Å². The van der Waals surface area contributed by atoms with E-state index >= 15 is 0 Å². The maximum atomic E-state index is 12.7. The van der Waals surface area contributed by atoms with Gasteiger partial charge in [-0.2, -0.15) is 0 Å². The summed E-state index contributed by atoms with van der Waals surface area (Å²) in [6, 6.07) is 6.39. The van der Waals surface area contributed by atoms with Crippen molar-refractivity contribution in [1.82, 2.24) is 4.98 Å². The van der Waals surface area contributed by atoms with Gasteiger partial charge in [-0.25, -0.2) is 4.79 Å². The number of aromatic nitrogens is 1. The molecule has 1 heterocycles. The molecule has 2 aromatic rings. The van der Waals surface area contributed by atoms with Crippen LogP contribution in [0.5, 0.6) is 5.75 Å². The molecular weight excluding hydrogens is 348 g/mol. The molecule has 1 aromatic carbocycles. The highest BCUT2D eigenvalue weighted by Crippen LogP contribution is 2.29. The molecular formula is C20H22N2O5. The minimum absolute atomic E-state index is 0.188. The Morgan fingerprint density at radius 2 is 1.96 bits per heavy atom. The number of aromatic amines is 1. The first-order valence-electron chi connectivity index (χ1n) is 9.07. The van der Waals surface area contributed by atoms with Gasteiger partial charge in [0.15, 0.2) is 0 Å². The molecule has 7 heteroatoms. The van der Waals surface area contributed by atoms with E-state index in [2.05, 4.69) is 10.3 Å². The number of nitrogens with one attached hydrogen (secondary N) is 2. The summed E-state index contributed by atoms with van der Waals surface area (Å²) in [5.74, 6) is -1.61. The zero-order valence-electron chi connectivity index (χ0n) is 15.1. The highest BCUT2D eigenvalue weighted by molar-refractivity contribution is 6.09. The number of hydrogen-bond donors (Lipinski definition) is 3. The highest BCUT2D eigenvalue weighted by Gasteiger charge is 2.25. The van der Waals surface area contributed by atoms with E-state index < -0.39 is 17.4 Å². The first kappa shape index (κ1) is 18.7.